The molecule has 45 heavy (non-hydrogen) atoms. The molecular formula is C29H31FN3O10PS. The Bertz CT molecular complexity index is 1980. The topological polar surface area (TPSA) is 175 Å². The number of alkyl halides is 1. The molecule has 1 fully saturated rings. The molecule has 1 aliphatic heterocycles. The number of nitrogens with zero attached hydrogens (tertiary/aromatic N) is 1. The molecule has 3 N–H and O–H groups in total. The van der Waals surface area contributed by atoms with E-state index < -0.39 is 67.8 Å². The summed E-state index contributed by atoms with van der Waals surface area (Å²) in [6.45, 7) is 4.91. The molecule has 0 spiro atoms. The number of rotatable bonds is 10. The zero-order chi connectivity index (χ0) is 32.7. The van der Waals surface area contributed by atoms with Gasteiger partial charge in [-0.3, -0.25) is 28.5 Å². The first-order valence-electron chi connectivity index (χ1n) is 13.9. The summed E-state index contributed by atoms with van der Waals surface area (Å²) in [5.74, 6) is -0.805. The molecule has 16 heteroatoms. The van der Waals surface area contributed by atoms with Gasteiger partial charge in [0.15, 0.2) is 17.3 Å². The average molecular weight is 664 g/mol. The number of aliphatic hydroxyl groups excluding tert-OH is 1. The van der Waals surface area contributed by atoms with E-state index in [-0.39, 0.29) is 11.2 Å². The number of fused-ring (bicyclic) bond motifs is 2. The Morgan fingerprint density at radius 1 is 1.16 bits per heavy atom. The number of hydrogen-bond acceptors (Lipinski definition) is 11. The van der Waals surface area contributed by atoms with Gasteiger partial charge in [-0.05, 0) is 58.0 Å². The number of carbonyl (C=O) groups excluding carboxylic acids is 1. The minimum atomic E-state index is -4.54. The number of benzene rings is 2. The molecule has 0 aliphatic carbocycles. The fourth-order valence-corrected chi connectivity index (χ4v) is 7.37. The number of halogens is 1. The number of aliphatic hydroxyl groups is 1. The van der Waals surface area contributed by atoms with Crippen molar-refractivity contribution in [2.75, 3.05) is 6.61 Å². The van der Waals surface area contributed by atoms with Crippen LogP contribution in [0.4, 0.5) is 4.39 Å². The van der Waals surface area contributed by atoms with Gasteiger partial charge in [0.25, 0.3) is 5.56 Å². The number of nitrogens with one attached hydrogen (secondary N) is 2. The molecule has 240 valence electrons. The van der Waals surface area contributed by atoms with Crippen LogP contribution in [-0.4, -0.2) is 57.3 Å². The number of carbonyl (C=O) groups is 1. The Balaban J connectivity index is 1.43. The maximum absolute atomic E-state index is 15.7. The molecular weight excluding hydrogens is 632 g/mol. The highest BCUT2D eigenvalue weighted by Gasteiger charge is 2.56. The highest BCUT2D eigenvalue weighted by atomic mass is 32.1. The molecule has 4 aromatic rings. The van der Waals surface area contributed by atoms with Gasteiger partial charge in [-0.1, -0.05) is 12.1 Å². The molecule has 0 radical (unpaired) electrons. The van der Waals surface area contributed by atoms with Crippen LogP contribution >= 0.6 is 19.1 Å². The van der Waals surface area contributed by atoms with Crippen LogP contribution in [0.25, 0.3) is 20.2 Å². The third kappa shape index (κ3) is 6.78. The second-order valence-corrected chi connectivity index (χ2v) is 13.7. The van der Waals surface area contributed by atoms with Gasteiger partial charge in [-0.25, -0.2) is 13.8 Å². The number of esters is 1. The molecule has 0 bridgehead atoms. The van der Waals surface area contributed by atoms with Crippen molar-refractivity contribution in [2.24, 2.45) is 0 Å². The van der Waals surface area contributed by atoms with Gasteiger partial charge >= 0.3 is 19.4 Å². The maximum Gasteiger partial charge on any atom is 0.459 e. The first-order valence-corrected chi connectivity index (χ1v) is 16.3. The van der Waals surface area contributed by atoms with Crippen molar-refractivity contribution in [2.45, 2.75) is 63.9 Å². The Morgan fingerprint density at radius 2 is 1.87 bits per heavy atom. The largest absolute Gasteiger partial charge is 0.462 e. The molecule has 2 unspecified atom stereocenters. The average Bonchev–Trinajstić information content (AvgIpc) is 3.19. The van der Waals surface area contributed by atoms with Crippen LogP contribution in [-0.2, 0) is 23.4 Å². The first-order chi connectivity index (χ1) is 21.2. The summed E-state index contributed by atoms with van der Waals surface area (Å²) in [5, 5.41) is 14.0. The summed E-state index contributed by atoms with van der Waals surface area (Å²) in [6, 6.07) is 11.3. The molecule has 13 nitrogen and oxygen atoms in total. The summed E-state index contributed by atoms with van der Waals surface area (Å²) in [7, 11) is -4.54. The van der Waals surface area contributed by atoms with Gasteiger partial charge in [0.2, 0.25) is 0 Å². The zero-order valence-corrected chi connectivity index (χ0v) is 26.3. The van der Waals surface area contributed by atoms with Crippen LogP contribution in [0.1, 0.15) is 33.9 Å². The van der Waals surface area contributed by atoms with E-state index in [1.54, 1.807) is 32.0 Å². The minimum absolute atomic E-state index is 0.0387. The lowest BCUT2D eigenvalue weighted by Crippen LogP contribution is -2.43. The van der Waals surface area contributed by atoms with Crippen LogP contribution in [0, 0.1) is 0 Å². The summed E-state index contributed by atoms with van der Waals surface area (Å²) in [5.41, 5.74) is -4.50. The van der Waals surface area contributed by atoms with E-state index in [4.69, 9.17) is 18.5 Å². The molecule has 6 atom stereocenters. The molecule has 0 amide bonds. The van der Waals surface area contributed by atoms with E-state index in [2.05, 4.69) is 5.09 Å². The monoisotopic (exact) mass is 663 g/mol. The van der Waals surface area contributed by atoms with Crippen molar-refractivity contribution < 1.29 is 37.4 Å². The minimum Gasteiger partial charge on any atom is -0.462 e. The van der Waals surface area contributed by atoms with Gasteiger partial charge in [-0.2, -0.15) is 5.09 Å². The SMILES string of the molecule is CC(C)OC(=O)[C@H](C)NP(=O)(OCC1O[C@@H](n2ccc(=O)[nH]c2=O)[C@](C)(F)[C@@H]1O)Oc1ccc2sc3ccccc3c(=O)c2c1. The van der Waals surface area contributed by atoms with Crippen molar-refractivity contribution in [3.63, 3.8) is 0 Å². The standard InChI is InChI=1S/C29H31FN3O10PS/c1-15(2)41-26(37)16(3)32-44(39,43-17-9-10-22-19(13-17)24(35)18-7-5-6-8-21(18)45-22)40-14-20-25(36)29(4,30)27(42-20)33-12-11-23(34)31-28(33)38/h5-13,15-16,20,25,27,36H,14H2,1-4H3,(H,32,39)(H,31,34,38)/t16-,20?,25+,27+,29+,44?/m0/s1. The Labute approximate surface area is 259 Å². The summed E-state index contributed by atoms with van der Waals surface area (Å²) in [4.78, 5) is 51.5. The first kappa shape index (κ1) is 32.7. The van der Waals surface area contributed by atoms with Crippen molar-refractivity contribution in [3.8, 4) is 5.75 Å². The molecule has 1 saturated heterocycles. The lowest BCUT2D eigenvalue weighted by atomic mass is 9.98. The van der Waals surface area contributed by atoms with Gasteiger partial charge in [0.1, 0.15) is 24.0 Å². The van der Waals surface area contributed by atoms with Gasteiger partial charge < -0.3 is 19.1 Å². The molecule has 3 heterocycles. The number of aromatic amines is 1. The van der Waals surface area contributed by atoms with E-state index in [1.807, 2.05) is 17.1 Å². The number of hydrogen-bond donors (Lipinski definition) is 3. The third-order valence-corrected chi connectivity index (χ3v) is 9.86. The van der Waals surface area contributed by atoms with E-state index >= 15 is 4.39 Å². The van der Waals surface area contributed by atoms with E-state index in [1.165, 1.54) is 30.4 Å². The van der Waals surface area contributed by atoms with Crippen molar-refractivity contribution in [3.05, 3.63) is 85.8 Å². The summed E-state index contributed by atoms with van der Waals surface area (Å²) >= 11 is 1.38. The summed E-state index contributed by atoms with van der Waals surface area (Å²) in [6.07, 6.45) is -4.49. The second kappa shape index (κ2) is 12.6. The van der Waals surface area contributed by atoms with E-state index in [0.29, 0.717) is 15.5 Å². The quantitative estimate of drug-likeness (QED) is 0.129. The van der Waals surface area contributed by atoms with Crippen LogP contribution < -0.4 is 26.3 Å². The molecule has 0 saturated carbocycles. The predicted octanol–water partition coefficient (Wildman–Crippen LogP) is 3.38. The van der Waals surface area contributed by atoms with E-state index in [0.717, 1.165) is 28.5 Å². The van der Waals surface area contributed by atoms with Crippen LogP contribution in [0.2, 0.25) is 0 Å². The fourth-order valence-electron chi connectivity index (χ4n) is 4.83. The highest BCUT2D eigenvalue weighted by molar-refractivity contribution is 7.52. The molecule has 1 aliphatic rings. The van der Waals surface area contributed by atoms with Gasteiger partial charge in [-0.15, -0.1) is 11.3 Å². The van der Waals surface area contributed by atoms with Crippen LogP contribution in [0.3, 0.4) is 0 Å². The predicted molar refractivity (Wildman–Crippen MR) is 164 cm³/mol. The van der Waals surface area contributed by atoms with Crippen molar-refractivity contribution in [1.29, 1.82) is 0 Å². The van der Waals surface area contributed by atoms with Gasteiger partial charge in [0.05, 0.1) is 12.7 Å². The number of aromatic nitrogens is 2. The Kier molecular flexibility index (Phi) is 9.13. The fraction of sp³-hybridized carbons (Fsp3) is 0.379. The lowest BCUT2D eigenvalue weighted by Gasteiger charge is -2.25. The number of ether oxygens (including phenoxy) is 2. The van der Waals surface area contributed by atoms with Crippen LogP contribution in [0.5, 0.6) is 5.75 Å². The second-order valence-electron chi connectivity index (χ2n) is 10.9. The molecule has 5 rings (SSSR count). The van der Waals surface area contributed by atoms with Crippen LogP contribution in [0.15, 0.2) is 69.1 Å². The number of H-pyrrole nitrogens is 1. The molecule has 2 aromatic heterocycles. The Morgan fingerprint density at radius 3 is 2.58 bits per heavy atom. The Hall–Kier alpha value is -3.72. The maximum atomic E-state index is 15.7. The summed E-state index contributed by atoms with van der Waals surface area (Å²) < 4.78 is 54.2. The van der Waals surface area contributed by atoms with Crippen molar-refractivity contribution >= 4 is 45.2 Å². The highest BCUT2D eigenvalue weighted by Crippen LogP contribution is 2.48. The normalized spacial score (nSPS) is 23.7. The lowest BCUT2D eigenvalue weighted by molar-refractivity contribution is -0.149. The zero-order valence-electron chi connectivity index (χ0n) is 24.6. The van der Waals surface area contributed by atoms with Gasteiger partial charge in [0, 0.05) is 32.4 Å². The smallest absolute Gasteiger partial charge is 0.459 e. The third-order valence-electron chi connectivity index (χ3n) is 7.06. The van der Waals surface area contributed by atoms with E-state index in [9.17, 15) is 28.8 Å². The van der Waals surface area contributed by atoms with Crippen molar-refractivity contribution in [1.82, 2.24) is 14.6 Å². The molecule has 2 aromatic carbocycles.